The predicted molar refractivity (Wildman–Crippen MR) is 54.4 cm³/mol. The van der Waals surface area contributed by atoms with Crippen molar-refractivity contribution in [1.29, 1.82) is 0 Å². The standard InChI is InChI=1S/C11H15NO/c1-3-9-7-13-10-6-4-5-8(2)11(10)12-9/h4-6,9,12H,3,7H2,1-2H3. The van der Waals surface area contributed by atoms with Gasteiger partial charge in [-0.3, -0.25) is 0 Å². The van der Waals surface area contributed by atoms with Crippen molar-refractivity contribution in [1.82, 2.24) is 0 Å². The summed E-state index contributed by atoms with van der Waals surface area (Å²) in [5.41, 5.74) is 2.43. The maximum Gasteiger partial charge on any atom is 0.142 e. The second kappa shape index (κ2) is 3.29. The number of hydrogen-bond donors (Lipinski definition) is 1. The van der Waals surface area contributed by atoms with Gasteiger partial charge in [0.1, 0.15) is 12.4 Å². The zero-order chi connectivity index (χ0) is 9.26. The Morgan fingerprint density at radius 1 is 1.54 bits per heavy atom. The summed E-state index contributed by atoms with van der Waals surface area (Å²) < 4.78 is 5.65. The molecule has 1 aromatic carbocycles. The van der Waals surface area contributed by atoms with Crippen LogP contribution in [0.25, 0.3) is 0 Å². The van der Waals surface area contributed by atoms with Gasteiger partial charge in [-0.05, 0) is 25.0 Å². The molecule has 70 valence electrons. The topological polar surface area (TPSA) is 21.3 Å². The second-order valence-corrected chi connectivity index (χ2v) is 3.51. The fourth-order valence-electron chi connectivity index (χ4n) is 1.60. The first-order valence-corrected chi connectivity index (χ1v) is 4.80. The molecular weight excluding hydrogens is 162 g/mol. The molecule has 0 saturated heterocycles. The fraction of sp³-hybridized carbons (Fsp3) is 0.455. The number of para-hydroxylation sites is 1. The lowest BCUT2D eigenvalue weighted by Gasteiger charge is -2.27. The summed E-state index contributed by atoms with van der Waals surface area (Å²) in [5.74, 6) is 0.990. The van der Waals surface area contributed by atoms with Crippen LogP contribution >= 0.6 is 0 Å². The highest BCUT2D eigenvalue weighted by Crippen LogP contribution is 2.32. The summed E-state index contributed by atoms with van der Waals surface area (Å²) in [6, 6.07) is 6.62. The molecule has 0 fully saturated rings. The molecule has 2 heteroatoms. The first-order valence-electron chi connectivity index (χ1n) is 4.80. The van der Waals surface area contributed by atoms with E-state index >= 15 is 0 Å². The van der Waals surface area contributed by atoms with E-state index in [0.29, 0.717) is 6.04 Å². The van der Waals surface area contributed by atoms with Crippen LogP contribution < -0.4 is 10.1 Å². The minimum absolute atomic E-state index is 0.466. The third kappa shape index (κ3) is 1.48. The van der Waals surface area contributed by atoms with Gasteiger partial charge in [0.25, 0.3) is 0 Å². The zero-order valence-electron chi connectivity index (χ0n) is 8.13. The Bertz CT molecular complexity index is 309. The van der Waals surface area contributed by atoms with Crippen molar-refractivity contribution < 1.29 is 4.74 Å². The molecule has 1 aromatic rings. The molecule has 0 aliphatic carbocycles. The minimum Gasteiger partial charge on any atom is -0.489 e. The third-order valence-electron chi connectivity index (χ3n) is 2.52. The lowest BCUT2D eigenvalue weighted by molar-refractivity contribution is 0.281. The van der Waals surface area contributed by atoms with Gasteiger partial charge < -0.3 is 10.1 Å². The van der Waals surface area contributed by atoms with Crippen molar-refractivity contribution >= 4 is 5.69 Å². The summed E-state index contributed by atoms with van der Waals surface area (Å²) in [5, 5.41) is 3.49. The molecule has 1 N–H and O–H groups in total. The zero-order valence-corrected chi connectivity index (χ0v) is 8.13. The Morgan fingerprint density at radius 2 is 2.38 bits per heavy atom. The average molecular weight is 177 g/mol. The van der Waals surface area contributed by atoms with Gasteiger partial charge in [0.2, 0.25) is 0 Å². The van der Waals surface area contributed by atoms with Crippen molar-refractivity contribution in [3.05, 3.63) is 23.8 Å². The van der Waals surface area contributed by atoms with Gasteiger partial charge in [-0.25, -0.2) is 0 Å². The third-order valence-corrected chi connectivity index (χ3v) is 2.52. The molecule has 1 unspecified atom stereocenters. The first-order chi connectivity index (χ1) is 6.31. The van der Waals surface area contributed by atoms with Crippen molar-refractivity contribution in [2.24, 2.45) is 0 Å². The Balaban J connectivity index is 2.32. The normalized spacial score (nSPS) is 20.0. The summed E-state index contributed by atoms with van der Waals surface area (Å²) in [7, 11) is 0. The van der Waals surface area contributed by atoms with Crippen LogP contribution in [0.1, 0.15) is 18.9 Å². The Labute approximate surface area is 78.9 Å². The number of aryl methyl sites for hydroxylation is 1. The highest BCUT2D eigenvalue weighted by atomic mass is 16.5. The monoisotopic (exact) mass is 177 g/mol. The van der Waals surface area contributed by atoms with E-state index in [-0.39, 0.29) is 0 Å². The lowest BCUT2D eigenvalue weighted by Crippen LogP contribution is -2.30. The molecule has 0 saturated carbocycles. The molecule has 0 bridgehead atoms. The molecule has 1 atom stereocenters. The van der Waals surface area contributed by atoms with Crippen molar-refractivity contribution in [3.8, 4) is 5.75 Å². The molecule has 1 heterocycles. The largest absolute Gasteiger partial charge is 0.489 e. The molecule has 2 rings (SSSR count). The molecule has 1 aliphatic rings. The maximum absolute atomic E-state index is 5.65. The molecule has 1 aliphatic heterocycles. The van der Waals surface area contributed by atoms with E-state index < -0.39 is 0 Å². The molecular formula is C11H15NO. The lowest BCUT2D eigenvalue weighted by atomic mass is 10.1. The number of hydrogen-bond acceptors (Lipinski definition) is 2. The van der Waals surface area contributed by atoms with E-state index in [9.17, 15) is 0 Å². The Hall–Kier alpha value is -1.18. The number of anilines is 1. The summed E-state index contributed by atoms with van der Waals surface area (Å²) in [6.45, 7) is 5.06. The van der Waals surface area contributed by atoms with E-state index in [1.54, 1.807) is 0 Å². The van der Waals surface area contributed by atoms with Crippen molar-refractivity contribution in [3.63, 3.8) is 0 Å². The van der Waals surface area contributed by atoms with E-state index in [1.807, 2.05) is 12.1 Å². The van der Waals surface area contributed by atoms with Crippen molar-refractivity contribution in [2.45, 2.75) is 26.3 Å². The van der Waals surface area contributed by atoms with Crippen LogP contribution in [0.2, 0.25) is 0 Å². The Kier molecular flexibility index (Phi) is 2.13. The fourth-order valence-corrected chi connectivity index (χ4v) is 1.60. The van der Waals surface area contributed by atoms with Crippen molar-refractivity contribution in [2.75, 3.05) is 11.9 Å². The molecule has 0 radical (unpaired) electrons. The van der Waals surface area contributed by atoms with E-state index in [2.05, 4.69) is 25.2 Å². The quantitative estimate of drug-likeness (QED) is 0.711. The van der Waals surface area contributed by atoms with Gasteiger partial charge in [-0.15, -0.1) is 0 Å². The Morgan fingerprint density at radius 3 is 3.15 bits per heavy atom. The number of benzene rings is 1. The maximum atomic E-state index is 5.65. The van der Waals surface area contributed by atoms with Gasteiger partial charge in [0.05, 0.1) is 11.7 Å². The first kappa shape index (κ1) is 8.42. The van der Waals surface area contributed by atoms with Gasteiger partial charge in [0, 0.05) is 0 Å². The number of fused-ring (bicyclic) bond motifs is 1. The number of rotatable bonds is 1. The highest BCUT2D eigenvalue weighted by molar-refractivity contribution is 5.63. The van der Waals surface area contributed by atoms with Crippen LogP contribution in [0.3, 0.4) is 0 Å². The SMILES string of the molecule is CCC1COc2cccc(C)c2N1. The molecule has 13 heavy (non-hydrogen) atoms. The van der Waals surface area contributed by atoms with Gasteiger partial charge in [-0.2, -0.15) is 0 Å². The van der Waals surface area contributed by atoms with Crippen LogP contribution in [-0.2, 0) is 0 Å². The smallest absolute Gasteiger partial charge is 0.142 e. The van der Waals surface area contributed by atoms with Crippen LogP contribution in [-0.4, -0.2) is 12.6 Å². The van der Waals surface area contributed by atoms with Gasteiger partial charge >= 0.3 is 0 Å². The van der Waals surface area contributed by atoms with E-state index in [4.69, 9.17) is 4.74 Å². The molecule has 0 amide bonds. The summed E-state index contributed by atoms with van der Waals surface area (Å²) in [6.07, 6.45) is 1.10. The minimum atomic E-state index is 0.466. The predicted octanol–water partition coefficient (Wildman–Crippen LogP) is 2.58. The van der Waals surface area contributed by atoms with Crippen LogP contribution in [0.5, 0.6) is 5.75 Å². The molecule has 0 spiro atoms. The van der Waals surface area contributed by atoms with Crippen LogP contribution in [0, 0.1) is 6.92 Å². The number of ether oxygens (including phenoxy) is 1. The van der Waals surface area contributed by atoms with Gasteiger partial charge in [0.15, 0.2) is 0 Å². The van der Waals surface area contributed by atoms with E-state index in [1.165, 1.54) is 11.3 Å². The molecule has 0 aromatic heterocycles. The number of nitrogens with one attached hydrogen (secondary N) is 1. The average Bonchev–Trinajstić information content (AvgIpc) is 2.18. The van der Waals surface area contributed by atoms with Gasteiger partial charge in [-0.1, -0.05) is 19.1 Å². The summed E-state index contributed by atoms with van der Waals surface area (Å²) in [4.78, 5) is 0. The van der Waals surface area contributed by atoms with Crippen LogP contribution in [0.4, 0.5) is 5.69 Å². The summed E-state index contributed by atoms with van der Waals surface area (Å²) >= 11 is 0. The molecule has 2 nitrogen and oxygen atoms in total. The second-order valence-electron chi connectivity index (χ2n) is 3.51. The highest BCUT2D eigenvalue weighted by Gasteiger charge is 2.17. The van der Waals surface area contributed by atoms with Crippen LogP contribution in [0.15, 0.2) is 18.2 Å². The van der Waals surface area contributed by atoms with E-state index in [0.717, 1.165) is 18.8 Å².